The van der Waals surface area contributed by atoms with E-state index in [0.29, 0.717) is 25.3 Å². The third-order valence-corrected chi connectivity index (χ3v) is 3.60. The number of ether oxygens (including phenoxy) is 1. The van der Waals surface area contributed by atoms with Crippen molar-refractivity contribution in [3.05, 3.63) is 54.6 Å². The van der Waals surface area contributed by atoms with Crippen LogP contribution in [0.2, 0.25) is 0 Å². The van der Waals surface area contributed by atoms with E-state index >= 15 is 0 Å². The van der Waals surface area contributed by atoms with Crippen molar-refractivity contribution in [1.29, 1.82) is 0 Å². The molecule has 0 atom stereocenters. The van der Waals surface area contributed by atoms with E-state index in [9.17, 15) is 9.59 Å². The maximum absolute atomic E-state index is 12.7. The molecule has 2 rings (SSSR count). The predicted octanol–water partition coefficient (Wildman–Crippen LogP) is 2.37. The lowest BCUT2D eigenvalue weighted by atomic mass is 10.2. The number of imidazole rings is 1. The molecule has 0 aliphatic heterocycles. The molecule has 0 aliphatic rings. The number of nitrogens with zero attached hydrogens (tertiary/aromatic N) is 3. The molecule has 0 N–H and O–H groups in total. The van der Waals surface area contributed by atoms with Crippen LogP contribution in [0.15, 0.2) is 49.1 Å². The molecule has 0 fully saturated rings. The van der Waals surface area contributed by atoms with Gasteiger partial charge < -0.3 is 14.2 Å². The van der Waals surface area contributed by atoms with Gasteiger partial charge in [-0.2, -0.15) is 0 Å². The number of benzene rings is 1. The molecule has 1 aromatic heterocycles. The highest BCUT2D eigenvalue weighted by Crippen LogP contribution is 2.07. The molecule has 128 valence electrons. The minimum atomic E-state index is -0.280. The molecule has 1 heterocycles. The van der Waals surface area contributed by atoms with Gasteiger partial charge in [-0.15, -0.1) is 0 Å². The minimum absolute atomic E-state index is 0.0643. The van der Waals surface area contributed by atoms with Crippen LogP contribution in [0.25, 0.3) is 0 Å². The van der Waals surface area contributed by atoms with Crippen LogP contribution in [0.5, 0.6) is 0 Å². The summed E-state index contributed by atoms with van der Waals surface area (Å²) in [4.78, 5) is 30.0. The Morgan fingerprint density at radius 2 is 2.00 bits per heavy atom. The summed E-state index contributed by atoms with van der Waals surface area (Å²) in [6.07, 6.45) is 6.37. The maximum atomic E-state index is 12.7. The van der Waals surface area contributed by atoms with Gasteiger partial charge in [-0.3, -0.25) is 9.59 Å². The molecule has 0 saturated carbocycles. The van der Waals surface area contributed by atoms with Crippen LogP contribution in [0.4, 0.5) is 0 Å². The number of hydrogen-bond donors (Lipinski definition) is 0. The Hall–Kier alpha value is -2.63. The molecule has 1 amide bonds. The van der Waals surface area contributed by atoms with Gasteiger partial charge in [0.1, 0.15) is 0 Å². The first-order valence-electron chi connectivity index (χ1n) is 8.16. The van der Waals surface area contributed by atoms with Crippen molar-refractivity contribution in [2.75, 3.05) is 19.7 Å². The zero-order chi connectivity index (χ0) is 17.2. The minimum Gasteiger partial charge on any atom is -0.466 e. The molecule has 6 heteroatoms. The summed E-state index contributed by atoms with van der Waals surface area (Å²) < 4.78 is 6.92. The molecule has 6 nitrogen and oxygen atoms in total. The molecular weight excluding hydrogens is 306 g/mol. The molecular formula is C18H23N3O3. The maximum Gasteiger partial charge on any atom is 0.307 e. The third kappa shape index (κ3) is 5.53. The lowest BCUT2D eigenvalue weighted by Crippen LogP contribution is -2.34. The SMILES string of the molecule is CCOC(=O)CCN(CCCn1ccnc1)C(=O)c1ccccc1. The summed E-state index contributed by atoms with van der Waals surface area (Å²) in [6.45, 7) is 3.84. The normalized spacial score (nSPS) is 10.4. The Bertz CT molecular complexity index is 626. The summed E-state index contributed by atoms with van der Waals surface area (Å²) >= 11 is 0. The van der Waals surface area contributed by atoms with Gasteiger partial charge in [0.15, 0.2) is 0 Å². The van der Waals surface area contributed by atoms with Gasteiger partial charge in [0.05, 0.1) is 19.4 Å². The average molecular weight is 329 g/mol. The van der Waals surface area contributed by atoms with E-state index in [-0.39, 0.29) is 18.3 Å². The third-order valence-electron chi connectivity index (χ3n) is 3.60. The molecule has 0 unspecified atom stereocenters. The topological polar surface area (TPSA) is 64.4 Å². The zero-order valence-corrected chi connectivity index (χ0v) is 13.9. The summed E-state index contributed by atoms with van der Waals surface area (Å²) in [5, 5.41) is 0. The summed E-state index contributed by atoms with van der Waals surface area (Å²) in [5.74, 6) is -0.344. The predicted molar refractivity (Wildman–Crippen MR) is 90.4 cm³/mol. The second-order valence-electron chi connectivity index (χ2n) is 5.37. The molecule has 0 bridgehead atoms. The largest absolute Gasteiger partial charge is 0.466 e. The van der Waals surface area contributed by atoms with E-state index in [2.05, 4.69) is 4.98 Å². The van der Waals surface area contributed by atoms with Gasteiger partial charge in [-0.25, -0.2) is 4.98 Å². The van der Waals surface area contributed by atoms with E-state index < -0.39 is 0 Å². The van der Waals surface area contributed by atoms with Crippen LogP contribution in [-0.4, -0.2) is 46.0 Å². The second-order valence-corrected chi connectivity index (χ2v) is 5.37. The molecule has 2 aromatic rings. The van der Waals surface area contributed by atoms with Crippen LogP contribution in [0.3, 0.4) is 0 Å². The van der Waals surface area contributed by atoms with Gasteiger partial charge in [-0.05, 0) is 25.5 Å². The molecule has 0 radical (unpaired) electrons. The first-order valence-corrected chi connectivity index (χ1v) is 8.16. The van der Waals surface area contributed by atoms with E-state index in [1.807, 2.05) is 29.0 Å². The zero-order valence-electron chi connectivity index (χ0n) is 13.9. The number of aryl methyl sites for hydroxylation is 1. The number of carbonyl (C=O) groups is 2. The summed E-state index contributed by atoms with van der Waals surface area (Å²) in [7, 11) is 0. The average Bonchev–Trinajstić information content (AvgIpc) is 3.12. The number of carbonyl (C=O) groups excluding carboxylic acids is 2. The molecule has 1 aromatic carbocycles. The van der Waals surface area contributed by atoms with Crippen LogP contribution < -0.4 is 0 Å². The summed E-state index contributed by atoms with van der Waals surface area (Å²) in [5.41, 5.74) is 0.629. The van der Waals surface area contributed by atoms with Crippen molar-refractivity contribution < 1.29 is 14.3 Å². The molecule has 0 aliphatic carbocycles. The van der Waals surface area contributed by atoms with E-state index in [4.69, 9.17) is 4.74 Å². The fraction of sp³-hybridized carbons (Fsp3) is 0.389. The number of esters is 1. The van der Waals surface area contributed by atoms with Crippen molar-refractivity contribution in [1.82, 2.24) is 14.5 Å². The highest BCUT2D eigenvalue weighted by atomic mass is 16.5. The van der Waals surface area contributed by atoms with Gasteiger partial charge in [-0.1, -0.05) is 18.2 Å². The van der Waals surface area contributed by atoms with E-state index in [1.165, 1.54) is 0 Å². The standard InChI is InChI=1S/C18H23N3O3/c1-2-24-17(22)9-13-21(12-6-11-20-14-10-19-15-20)18(23)16-7-4-3-5-8-16/h3-5,7-8,10,14-15H,2,6,9,11-13H2,1H3. The Morgan fingerprint density at radius 3 is 2.67 bits per heavy atom. The second kappa shape index (κ2) is 9.50. The van der Waals surface area contributed by atoms with Gasteiger partial charge in [0.2, 0.25) is 0 Å². The Morgan fingerprint density at radius 1 is 1.21 bits per heavy atom. The lowest BCUT2D eigenvalue weighted by Gasteiger charge is -2.22. The van der Waals surface area contributed by atoms with Crippen molar-refractivity contribution in [3.8, 4) is 0 Å². The van der Waals surface area contributed by atoms with Gasteiger partial charge in [0, 0.05) is 37.6 Å². The van der Waals surface area contributed by atoms with Crippen molar-refractivity contribution in [3.63, 3.8) is 0 Å². The Balaban J connectivity index is 1.94. The first kappa shape index (κ1) is 17.7. The monoisotopic (exact) mass is 329 g/mol. The Labute approximate surface area is 142 Å². The van der Waals surface area contributed by atoms with Crippen molar-refractivity contribution in [2.24, 2.45) is 0 Å². The Kier molecular flexibility index (Phi) is 7.01. The quantitative estimate of drug-likeness (QED) is 0.663. The van der Waals surface area contributed by atoms with Crippen molar-refractivity contribution >= 4 is 11.9 Å². The van der Waals surface area contributed by atoms with E-state index in [0.717, 1.165) is 13.0 Å². The van der Waals surface area contributed by atoms with Crippen LogP contribution in [0, 0.1) is 0 Å². The van der Waals surface area contributed by atoms with E-state index in [1.54, 1.807) is 36.5 Å². The molecule has 0 saturated heterocycles. The first-order chi connectivity index (χ1) is 11.7. The van der Waals surface area contributed by atoms with Gasteiger partial charge >= 0.3 is 5.97 Å². The smallest absolute Gasteiger partial charge is 0.307 e. The number of amides is 1. The molecule has 0 spiro atoms. The van der Waals surface area contributed by atoms with Gasteiger partial charge in [0.25, 0.3) is 5.91 Å². The van der Waals surface area contributed by atoms with Crippen LogP contribution >= 0.6 is 0 Å². The number of hydrogen-bond acceptors (Lipinski definition) is 4. The van der Waals surface area contributed by atoms with Crippen LogP contribution in [-0.2, 0) is 16.1 Å². The highest BCUT2D eigenvalue weighted by molar-refractivity contribution is 5.94. The highest BCUT2D eigenvalue weighted by Gasteiger charge is 2.16. The fourth-order valence-electron chi connectivity index (χ4n) is 2.40. The fourth-order valence-corrected chi connectivity index (χ4v) is 2.40. The molecule has 24 heavy (non-hydrogen) atoms. The number of aromatic nitrogens is 2. The summed E-state index contributed by atoms with van der Waals surface area (Å²) in [6, 6.07) is 9.12. The van der Waals surface area contributed by atoms with Crippen LogP contribution in [0.1, 0.15) is 30.1 Å². The lowest BCUT2D eigenvalue weighted by molar-refractivity contribution is -0.143. The van der Waals surface area contributed by atoms with Crippen molar-refractivity contribution in [2.45, 2.75) is 26.3 Å². The number of rotatable bonds is 9.